The van der Waals surface area contributed by atoms with Crippen molar-refractivity contribution in [1.29, 1.82) is 5.26 Å². The van der Waals surface area contributed by atoms with Gasteiger partial charge in [0.05, 0.1) is 23.0 Å². The average molecular weight is 370 g/mol. The van der Waals surface area contributed by atoms with Crippen molar-refractivity contribution in [3.05, 3.63) is 65.2 Å². The molecule has 2 N–H and O–H groups in total. The molecule has 138 valence electrons. The number of nitriles is 1. The van der Waals surface area contributed by atoms with Gasteiger partial charge in [-0.2, -0.15) is 15.5 Å². The molecule has 0 saturated carbocycles. The molecule has 0 unspecified atom stereocenters. The van der Waals surface area contributed by atoms with Gasteiger partial charge in [0.1, 0.15) is 12.1 Å². The summed E-state index contributed by atoms with van der Waals surface area (Å²) in [5, 5.41) is 24.1. The first-order chi connectivity index (χ1) is 13.5. The fourth-order valence-corrected chi connectivity index (χ4v) is 3.03. The molecule has 8 nitrogen and oxygen atoms in total. The molecule has 4 rings (SSSR count). The van der Waals surface area contributed by atoms with Crippen LogP contribution in [0, 0.1) is 32.1 Å². The summed E-state index contributed by atoms with van der Waals surface area (Å²) >= 11 is 0. The molecule has 0 bridgehead atoms. The van der Waals surface area contributed by atoms with Gasteiger partial charge < -0.3 is 5.32 Å². The van der Waals surface area contributed by atoms with Gasteiger partial charge in [0.25, 0.3) is 0 Å². The van der Waals surface area contributed by atoms with Crippen LogP contribution in [0.4, 0.5) is 11.6 Å². The quantitative estimate of drug-likeness (QED) is 0.568. The van der Waals surface area contributed by atoms with Gasteiger partial charge in [0.2, 0.25) is 0 Å². The normalized spacial score (nSPS) is 10.6. The van der Waals surface area contributed by atoms with Gasteiger partial charge in [-0.15, -0.1) is 0 Å². The Kier molecular flexibility index (Phi) is 4.33. The summed E-state index contributed by atoms with van der Waals surface area (Å²) in [6, 6.07) is 13.3. The van der Waals surface area contributed by atoms with Gasteiger partial charge in [-0.3, -0.25) is 5.10 Å². The molecule has 3 aromatic heterocycles. The molecule has 28 heavy (non-hydrogen) atoms. The number of aromatic amines is 1. The highest BCUT2D eigenvalue weighted by Gasteiger charge is 2.13. The lowest BCUT2D eigenvalue weighted by atomic mass is 10.1. The van der Waals surface area contributed by atoms with Crippen LogP contribution in [-0.4, -0.2) is 29.9 Å². The van der Waals surface area contributed by atoms with E-state index >= 15 is 0 Å². The van der Waals surface area contributed by atoms with Gasteiger partial charge >= 0.3 is 0 Å². The van der Waals surface area contributed by atoms with Crippen LogP contribution >= 0.6 is 0 Å². The number of H-pyrrole nitrogens is 1. The van der Waals surface area contributed by atoms with E-state index in [1.807, 2.05) is 45.0 Å². The van der Waals surface area contributed by atoms with Crippen molar-refractivity contribution >= 4 is 11.6 Å². The number of nitrogens with zero attached hydrogens (tertiary/aromatic N) is 6. The smallest absolute Gasteiger partial charge is 0.159 e. The minimum absolute atomic E-state index is 0.622. The fourth-order valence-electron chi connectivity index (χ4n) is 3.03. The minimum atomic E-state index is 0.622. The van der Waals surface area contributed by atoms with Crippen molar-refractivity contribution < 1.29 is 0 Å². The standard InChI is InChI=1S/C20H18N8/c1-12-8-13(2)28(27-12)18-9-17(22-11-23-18)24-20-14(3)19(25-26-20)16-6-4-15(10-21)5-7-16/h4-9,11H,1-3H3,(H2,22,23,24,25,26). The van der Waals surface area contributed by atoms with Crippen molar-refractivity contribution in [3.8, 4) is 23.1 Å². The first-order valence-corrected chi connectivity index (χ1v) is 8.73. The number of nitrogens with one attached hydrogen (secondary N) is 2. The zero-order chi connectivity index (χ0) is 19.7. The summed E-state index contributed by atoms with van der Waals surface area (Å²) in [6.45, 7) is 5.90. The highest BCUT2D eigenvalue weighted by molar-refractivity contribution is 5.71. The maximum atomic E-state index is 8.95. The topological polar surface area (TPSA) is 108 Å². The summed E-state index contributed by atoms with van der Waals surface area (Å²) < 4.78 is 1.78. The van der Waals surface area contributed by atoms with Gasteiger partial charge in [0, 0.05) is 17.3 Å². The van der Waals surface area contributed by atoms with E-state index in [0.29, 0.717) is 23.0 Å². The highest BCUT2D eigenvalue weighted by atomic mass is 15.3. The molecule has 0 spiro atoms. The molecule has 0 amide bonds. The number of hydrogen-bond acceptors (Lipinski definition) is 6. The largest absolute Gasteiger partial charge is 0.323 e. The molecule has 0 aliphatic rings. The molecule has 0 saturated heterocycles. The van der Waals surface area contributed by atoms with E-state index in [4.69, 9.17) is 5.26 Å². The van der Waals surface area contributed by atoms with Crippen molar-refractivity contribution in [1.82, 2.24) is 29.9 Å². The third-order valence-electron chi connectivity index (χ3n) is 4.44. The molecule has 8 heteroatoms. The highest BCUT2D eigenvalue weighted by Crippen LogP contribution is 2.27. The third-order valence-corrected chi connectivity index (χ3v) is 4.44. The van der Waals surface area contributed by atoms with Crippen LogP contribution in [0.2, 0.25) is 0 Å². The van der Waals surface area contributed by atoms with Crippen molar-refractivity contribution in [3.63, 3.8) is 0 Å². The Hall–Kier alpha value is -3.99. The zero-order valence-corrected chi connectivity index (χ0v) is 15.7. The van der Waals surface area contributed by atoms with Gasteiger partial charge in [-0.25, -0.2) is 14.6 Å². The average Bonchev–Trinajstić information content (AvgIpc) is 3.24. The molecule has 0 atom stereocenters. The van der Waals surface area contributed by atoms with E-state index in [1.165, 1.54) is 6.33 Å². The van der Waals surface area contributed by atoms with Gasteiger partial charge in [-0.05, 0) is 44.5 Å². The number of benzene rings is 1. The maximum absolute atomic E-state index is 8.95. The zero-order valence-electron chi connectivity index (χ0n) is 15.7. The summed E-state index contributed by atoms with van der Waals surface area (Å²) in [4.78, 5) is 8.60. The maximum Gasteiger partial charge on any atom is 0.159 e. The van der Waals surface area contributed by atoms with Crippen LogP contribution in [0.3, 0.4) is 0 Å². The van der Waals surface area contributed by atoms with Crippen molar-refractivity contribution in [2.24, 2.45) is 0 Å². The second-order valence-electron chi connectivity index (χ2n) is 6.49. The van der Waals surface area contributed by atoms with E-state index in [1.54, 1.807) is 16.8 Å². The van der Waals surface area contributed by atoms with Crippen LogP contribution in [0.25, 0.3) is 17.1 Å². The summed E-state index contributed by atoms with van der Waals surface area (Å²) in [5.74, 6) is 1.99. The lowest BCUT2D eigenvalue weighted by molar-refractivity contribution is 0.801. The SMILES string of the molecule is Cc1cc(C)n(-c2cc(Nc3n[nH]c(-c4ccc(C#N)cc4)c3C)ncn2)n1. The van der Waals surface area contributed by atoms with E-state index in [2.05, 4.69) is 36.7 Å². The lowest BCUT2D eigenvalue weighted by Gasteiger charge is -2.07. The molecule has 0 aliphatic carbocycles. The monoisotopic (exact) mass is 370 g/mol. The van der Waals surface area contributed by atoms with E-state index in [9.17, 15) is 0 Å². The van der Waals surface area contributed by atoms with Crippen LogP contribution in [0.5, 0.6) is 0 Å². The van der Waals surface area contributed by atoms with E-state index in [0.717, 1.165) is 28.2 Å². The Balaban J connectivity index is 1.62. The van der Waals surface area contributed by atoms with Crippen molar-refractivity contribution in [2.45, 2.75) is 20.8 Å². The molecule has 0 fully saturated rings. The Morgan fingerprint density at radius 1 is 1.07 bits per heavy atom. The summed E-state index contributed by atoms with van der Waals surface area (Å²) in [6.07, 6.45) is 1.50. The molecule has 0 aliphatic heterocycles. The number of rotatable bonds is 4. The second-order valence-corrected chi connectivity index (χ2v) is 6.49. The summed E-state index contributed by atoms with van der Waals surface area (Å²) in [7, 11) is 0. The van der Waals surface area contributed by atoms with E-state index in [-0.39, 0.29) is 0 Å². The third kappa shape index (κ3) is 3.21. The predicted octanol–water partition coefficient (Wildman–Crippen LogP) is 3.59. The first-order valence-electron chi connectivity index (χ1n) is 8.73. The Labute approximate surface area is 161 Å². The Bertz CT molecular complexity index is 1180. The summed E-state index contributed by atoms with van der Waals surface area (Å²) in [5.41, 5.74) is 5.36. The fraction of sp³-hybridized carbons (Fsp3) is 0.150. The number of hydrogen-bond donors (Lipinski definition) is 2. The van der Waals surface area contributed by atoms with Crippen LogP contribution in [0.1, 0.15) is 22.5 Å². The molecular weight excluding hydrogens is 352 g/mol. The Morgan fingerprint density at radius 3 is 2.54 bits per heavy atom. The van der Waals surface area contributed by atoms with Gasteiger partial charge in [0.15, 0.2) is 11.6 Å². The molecule has 1 aromatic carbocycles. The lowest BCUT2D eigenvalue weighted by Crippen LogP contribution is -2.04. The Morgan fingerprint density at radius 2 is 1.86 bits per heavy atom. The predicted molar refractivity (Wildman–Crippen MR) is 105 cm³/mol. The number of aromatic nitrogens is 6. The molecule has 3 heterocycles. The number of anilines is 2. The van der Waals surface area contributed by atoms with Crippen LogP contribution in [0.15, 0.2) is 42.7 Å². The minimum Gasteiger partial charge on any atom is -0.323 e. The first kappa shape index (κ1) is 17.4. The van der Waals surface area contributed by atoms with Crippen LogP contribution in [-0.2, 0) is 0 Å². The molecular formula is C20H18N8. The second kappa shape index (κ2) is 6.96. The molecule has 0 radical (unpaired) electrons. The van der Waals surface area contributed by atoms with Crippen molar-refractivity contribution in [2.75, 3.05) is 5.32 Å². The van der Waals surface area contributed by atoms with Crippen LogP contribution < -0.4 is 5.32 Å². The number of aryl methyl sites for hydroxylation is 2. The van der Waals surface area contributed by atoms with Gasteiger partial charge in [-0.1, -0.05) is 12.1 Å². The van der Waals surface area contributed by atoms with E-state index < -0.39 is 0 Å². The molecule has 4 aromatic rings.